The number of hydrogen-bond donors (Lipinski definition) is 1. The van der Waals surface area contributed by atoms with Crippen molar-refractivity contribution in [2.75, 3.05) is 18.5 Å². The third-order valence-electron chi connectivity index (χ3n) is 2.78. The van der Waals surface area contributed by atoms with Crippen molar-refractivity contribution >= 4 is 21.7 Å². The lowest BCUT2D eigenvalue weighted by atomic mass is 9.97. The molecule has 1 N–H and O–H groups in total. The number of rotatable bonds is 3. The minimum atomic E-state index is 0.106. The van der Waals surface area contributed by atoms with Gasteiger partial charge in [-0.1, -0.05) is 6.07 Å². The highest BCUT2D eigenvalue weighted by molar-refractivity contribution is 9.10. The molecule has 2 rings (SSSR count). The van der Waals surface area contributed by atoms with Crippen LogP contribution < -0.4 is 5.32 Å². The molecule has 90 valence electrons. The van der Waals surface area contributed by atoms with E-state index in [4.69, 9.17) is 10.00 Å². The summed E-state index contributed by atoms with van der Waals surface area (Å²) < 4.78 is 6.42. The second-order valence-corrected chi connectivity index (χ2v) is 4.88. The maximum absolute atomic E-state index is 8.89. The van der Waals surface area contributed by atoms with E-state index in [9.17, 15) is 0 Å². The van der Waals surface area contributed by atoms with E-state index in [0.29, 0.717) is 13.2 Å². The van der Waals surface area contributed by atoms with Crippen molar-refractivity contribution in [3.63, 3.8) is 0 Å². The fourth-order valence-electron chi connectivity index (χ4n) is 1.86. The Morgan fingerprint density at radius 2 is 2.47 bits per heavy atom. The van der Waals surface area contributed by atoms with E-state index in [2.05, 4.69) is 32.3 Å². The largest absolute Gasteiger partial charge is 0.376 e. The molecule has 1 aliphatic rings. The molecule has 2 heterocycles. The minimum Gasteiger partial charge on any atom is -0.376 e. The van der Waals surface area contributed by atoms with Gasteiger partial charge in [-0.2, -0.15) is 5.26 Å². The smallest absolute Gasteiger partial charge is 0.127 e. The maximum atomic E-state index is 8.89. The van der Waals surface area contributed by atoms with E-state index in [1.807, 2.05) is 18.2 Å². The van der Waals surface area contributed by atoms with Crippen molar-refractivity contribution in [3.8, 4) is 6.07 Å². The molecular weight excluding hydrogens is 282 g/mol. The van der Waals surface area contributed by atoms with Gasteiger partial charge < -0.3 is 10.1 Å². The van der Waals surface area contributed by atoms with Gasteiger partial charge in [0, 0.05) is 13.2 Å². The quantitative estimate of drug-likeness (QED) is 0.871. The van der Waals surface area contributed by atoms with Crippen molar-refractivity contribution in [3.05, 3.63) is 22.8 Å². The molecule has 0 bridgehead atoms. The molecule has 1 aromatic rings. The maximum Gasteiger partial charge on any atom is 0.127 e. The molecule has 0 aliphatic carbocycles. The van der Waals surface area contributed by atoms with Gasteiger partial charge in [0.15, 0.2) is 0 Å². The Morgan fingerprint density at radius 1 is 1.59 bits per heavy atom. The zero-order chi connectivity index (χ0) is 12.1. The van der Waals surface area contributed by atoms with Crippen molar-refractivity contribution in [2.24, 2.45) is 5.92 Å². The molecule has 0 amide bonds. The van der Waals surface area contributed by atoms with E-state index in [1.54, 1.807) is 0 Å². The Kier molecular flexibility index (Phi) is 4.35. The van der Waals surface area contributed by atoms with Gasteiger partial charge in [0.05, 0.1) is 18.1 Å². The van der Waals surface area contributed by atoms with Gasteiger partial charge in [-0.05, 0) is 40.9 Å². The Hall–Kier alpha value is -1.12. The molecule has 0 saturated carbocycles. The predicted molar refractivity (Wildman–Crippen MR) is 68.5 cm³/mol. The number of halogens is 1. The number of nitrogens with zero attached hydrogens (tertiary/aromatic N) is 2. The van der Waals surface area contributed by atoms with Crippen LogP contribution in [-0.2, 0) is 4.74 Å². The number of nitriles is 1. The van der Waals surface area contributed by atoms with E-state index < -0.39 is 0 Å². The molecule has 1 aromatic heterocycles. The lowest BCUT2D eigenvalue weighted by Crippen LogP contribution is -2.31. The average molecular weight is 296 g/mol. The first-order valence-electron chi connectivity index (χ1n) is 5.65. The molecule has 5 heteroatoms. The minimum absolute atomic E-state index is 0.106. The predicted octanol–water partition coefficient (Wildman–Crippen LogP) is 2.57. The molecule has 1 fully saturated rings. The van der Waals surface area contributed by atoms with Gasteiger partial charge in [-0.25, -0.2) is 4.98 Å². The first kappa shape index (κ1) is 12.3. The second kappa shape index (κ2) is 5.99. The summed E-state index contributed by atoms with van der Waals surface area (Å²) in [5.74, 6) is 0.952. The highest BCUT2D eigenvalue weighted by Crippen LogP contribution is 2.20. The molecule has 1 aliphatic heterocycles. The van der Waals surface area contributed by atoms with Gasteiger partial charge >= 0.3 is 0 Å². The van der Waals surface area contributed by atoms with E-state index in [1.165, 1.54) is 0 Å². The summed E-state index contributed by atoms with van der Waals surface area (Å²) in [6.07, 6.45) is 1.76. The fourth-order valence-corrected chi connectivity index (χ4v) is 2.21. The highest BCUT2D eigenvalue weighted by Gasteiger charge is 2.22. The van der Waals surface area contributed by atoms with Crippen LogP contribution in [0.5, 0.6) is 0 Å². The summed E-state index contributed by atoms with van der Waals surface area (Å²) in [4.78, 5) is 4.28. The molecular formula is C12H14BrN3O. The molecule has 0 radical (unpaired) electrons. The third-order valence-corrected chi connectivity index (χ3v) is 3.22. The van der Waals surface area contributed by atoms with Crippen LogP contribution in [0.3, 0.4) is 0 Å². The zero-order valence-corrected chi connectivity index (χ0v) is 11.0. The topological polar surface area (TPSA) is 57.9 Å². The van der Waals surface area contributed by atoms with Crippen LogP contribution in [0.15, 0.2) is 22.8 Å². The van der Waals surface area contributed by atoms with E-state index in [0.717, 1.165) is 23.3 Å². The fraction of sp³-hybridized carbons (Fsp3) is 0.500. The van der Waals surface area contributed by atoms with Crippen LogP contribution in [0, 0.1) is 17.2 Å². The number of nitrogens with one attached hydrogen (secondary N) is 1. The van der Waals surface area contributed by atoms with Gasteiger partial charge in [-0.15, -0.1) is 0 Å². The van der Waals surface area contributed by atoms with Gasteiger partial charge in [-0.3, -0.25) is 0 Å². The summed E-state index contributed by atoms with van der Waals surface area (Å²) >= 11 is 3.32. The monoisotopic (exact) mass is 295 g/mol. The first-order chi connectivity index (χ1) is 8.28. The lowest BCUT2D eigenvalue weighted by molar-refractivity contribution is 0.0104. The van der Waals surface area contributed by atoms with E-state index in [-0.39, 0.29) is 12.0 Å². The first-order valence-corrected chi connectivity index (χ1v) is 6.45. The molecule has 2 unspecified atom stereocenters. The summed E-state index contributed by atoms with van der Waals surface area (Å²) in [6, 6.07) is 8.04. The summed E-state index contributed by atoms with van der Waals surface area (Å²) in [5, 5.41) is 12.1. The van der Waals surface area contributed by atoms with Crippen LogP contribution in [0.25, 0.3) is 0 Å². The standard InChI is InChI=1S/C12H14BrN3O/c13-11-2-1-3-12(16-11)15-8-10-6-9(7-14)4-5-17-10/h1-3,9-10H,4-6,8H2,(H,15,16). The average Bonchev–Trinajstić information content (AvgIpc) is 2.37. The van der Waals surface area contributed by atoms with Crippen molar-refractivity contribution in [1.82, 2.24) is 4.98 Å². The van der Waals surface area contributed by atoms with Gasteiger partial charge in [0.25, 0.3) is 0 Å². The van der Waals surface area contributed by atoms with Gasteiger partial charge in [0.1, 0.15) is 10.4 Å². The Balaban J connectivity index is 1.84. The van der Waals surface area contributed by atoms with Crippen molar-refractivity contribution in [1.29, 1.82) is 5.26 Å². The Morgan fingerprint density at radius 3 is 3.24 bits per heavy atom. The lowest BCUT2D eigenvalue weighted by Gasteiger charge is -2.26. The molecule has 17 heavy (non-hydrogen) atoms. The van der Waals surface area contributed by atoms with Crippen molar-refractivity contribution < 1.29 is 4.74 Å². The van der Waals surface area contributed by atoms with Crippen LogP contribution >= 0.6 is 15.9 Å². The number of ether oxygens (including phenoxy) is 1. The Bertz CT molecular complexity index is 418. The second-order valence-electron chi connectivity index (χ2n) is 4.07. The van der Waals surface area contributed by atoms with Crippen LogP contribution in [0.1, 0.15) is 12.8 Å². The number of anilines is 1. The molecule has 2 atom stereocenters. The summed E-state index contributed by atoms with van der Waals surface area (Å²) in [7, 11) is 0. The summed E-state index contributed by atoms with van der Waals surface area (Å²) in [5.41, 5.74) is 0. The third kappa shape index (κ3) is 3.69. The number of pyridine rings is 1. The summed E-state index contributed by atoms with van der Waals surface area (Å²) in [6.45, 7) is 1.37. The number of hydrogen-bond acceptors (Lipinski definition) is 4. The SMILES string of the molecule is N#CC1CCOC(CNc2cccc(Br)n2)C1. The van der Waals surface area contributed by atoms with Crippen LogP contribution in [0.2, 0.25) is 0 Å². The van der Waals surface area contributed by atoms with Gasteiger partial charge in [0.2, 0.25) is 0 Å². The normalized spacial score (nSPS) is 24.0. The number of aromatic nitrogens is 1. The molecule has 0 spiro atoms. The Labute approximate surface area is 109 Å². The zero-order valence-electron chi connectivity index (χ0n) is 9.40. The van der Waals surface area contributed by atoms with Crippen LogP contribution in [0.4, 0.5) is 5.82 Å². The highest BCUT2D eigenvalue weighted by atomic mass is 79.9. The molecule has 0 aromatic carbocycles. The molecule has 1 saturated heterocycles. The van der Waals surface area contributed by atoms with Crippen molar-refractivity contribution in [2.45, 2.75) is 18.9 Å². The van der Waals surface area contributed by atoms with Crippen LogP contribution in [-0.4, -0.2) is 24.2 Å². The van der Waals surface area contributed by atoms with E-state index >= 15 is 0 Å². The molecule has 4 nitrogen and oxygen atoms in total.